The second-order valence-electron chi connectivity index (χ2n) is 5.92. The van der Waals surface area contributed by atoms with E-state index in [-0.39, 0.29) is 30.1 Å². The van der Waals surface area contributed by atoms with Crippen LogP contribution < -0.4 is 5.73 Å². The second kappa shape index (κ2) is 9.24. The number of esters is 1. The lowest BCUT2D eigenvalue weighted by Crippen LogP contribution is -2.43. The SMILES string of the molecule is Cc1cc(Br)ccc1SCC(=O)OCC(=O)N1CCC(C(N)=O)CC1. The minimum Gasteiger partial charge on any atom is -0.455 e. The zero-order chi connectivity index (χ0) is 18.4. The van der Waals surface area contributed by atoms with Gasteiger partial charge >= 0.3 is 5.97 Å². The number of benzene rings is 1. The van der Waals surface area contributed by atoms with Crippen molar-refractivity contribution in [2.24, 2.45) is 11.7 Å². The van der Waals surface area contributed by atoms with Gasteiger partial charge in [-0.15, -0.1) is 11.8 Å². The number of halogens is 1. The van der Waals surface area contributed by atoms with E-state index in [9.17, 15) is 14.4 Å². The Bertz CT molecular complexity index is 660. The van der Waals surface area contributed by atoms with E-state index in [1.54, 1.807) is 4.90 Å². The van der Waals surface area contributed by atoms with Crippen molar-refractivity contribution in [3.63, 3.8) is 0 Å². The molecule has 0 spiro atoms. The van der Waals surface area contributed by atoms with Gasteiger partial charge in [0.1, 0.15) is 0 Å². The number of primary amides is 1. The molecule has 1 fully saturated rings. The van der Waals surface area contributed by atoms with Gasteiger partial charge in [-0.2, -0.15) is 0 Å². The van der Waals surface area contributed by atoms with Crippen LogP contribution >= 0.6 is 27.7 Å². The topological polar surface area (TPSA) is 89.7 Å². The summed E-state index contributed by atoms with van der Waals surface area (Å²) >= 11 is 4.78. The maximum absolute atomic E-state index is 12.1. The van der Waals surface area contributed by atoms with Crippen molar-refractivity contribution in [3.8, 4) is 0 Å². The lowest BCUT2D eigenvalue weighted by atomic mass is 9.96. The lowest BCUT2D eigenvalue weighted by Gasteiger charge is -2.30. The third kappa shape index (κ3) is 6.04. The first-order chi connectivity index (χ1) is 11.9. The van der Waals surface area contributed by atoms with Crippen molar-refractivity contribution < 1.29 is 19.1 Å². The highest BCUT2D eigenvalue weighted by molar-refractivity contribution is 9.10. The number of nitrogens with two attached hydrogens (primary N) is 1. The average molecular weight is 429 g/mol. The van der Waals surface area contributed by atoms with Crippen LogP contribution in [0.3, 0.4) is 0 Å². The summed E-state index contributed by atoms with van der Waals surface area (Å²) < 4.78 is 6.05. The molecular weight excluding hydrogens is 408 g/mol. The molecule has 0 radical (unpaired) electrons. The van der Waals surface area contributed by atoms with E-state index >= 15 is 0 Å². The molecule has 0 saturated carbocycles. The number of carbonyl (C=O) groups is 3. The molecule has 1 aliphatic rings. The quantitative estimate of drug-likeness (QED) is 0.553. The monoisotopic (exact) mass is 428 g/mol. The number of hydrogen-bond acceptors (Lipinski definition) is 5. The number of carbonyl (C=O) groups excluding carboxylic acids is 3. The van der Waals surface area contributed by atoms with Crippen molar-refractivity contribution in [2.75, 3.05) is 25.4 Å². The van der Waals surface area contributed by atoms with Gasteiger partial charge in [-0.3, -0.25) is 14.4 Å². The normalized spacial score (nSPS) is 15.0. The van der Waals surface area contributed by atoms with E-state index in [4.69, 9.17) is 10.5 Å². The molecule has 8 heteroatoms. The number of aryl methyl sites for hydroxylation is 1. The van der Waals surface area contributed by atoms with Crippen molar-refractivity contribution in [3.05, 3.63) is 28.2 Å². The summed E-state index contributed by atoms with van der Waals surface area (Å²) in [5.41, 5.74) is 6.34. The van der Waals surface area contributed by atoms with Gasteiger partial charge in [-0.25, -0.2) is 0 Å². The molecule has 2 rings (SSSR count). The summed E-state index contributed by atoms with van der Waals surface area (Å²) in [5.74, 6) is -0.996. The van der Waals surface area contributed by atoms with E-state index in [0.717, 1.165) is 14.9 Å². The van der Waals surface area contributed by atoms with Crippen LogP contribution in [0.2, 0.25) is 0 Å². The zero-order valence-electron chi connectivity index (χ0n) is 14.0. The Morgan fingerprint density at radius 1 is 1.32 bits per heavy atom. The molecule has 1 heterocycles. The Kier molecular flexibility index (Phi) is 7.31. The second-order valence-corrected chi connectivity index (χ2v) is 7.85. The van der Waals surface area contributed by atoms with E-state index < -0.39 is 5.97 Å². The van der Waals surface area contributed by atoms with E-state index in [1.165, 1.54) is 11.8 Å². The van der Waals surface area contributed by atoms with Crippen LogP contribution in [0.4, 0.5) is 0 Å². The first kappa shape index (κ1) is 19.8. The molecule has 25 heavy (non-hydrogen) atoms. The van der Waals surface area contributed by atoms with Crippen LogP contribution in [-0.4, -0.2) is 48.1 Å². The minimum absolute atomic E-state index is 0.152. The highest BCUT2D eigenvalue weighted by Crippen LogP contribution is 2.25. The van der Waals surface area contributed by atoms with Crippen molar-refractivity contribution >= 4 is 45.5 Å². The predicted molar refractivity (Wildman–Crippen MR) is 99.1 cm³/mol. The molecule has 136 valence electrons. The van der Waals surface area contributed by atoms with Gasteiger partial charge in [-0.1, -0.05) is 15.9 Å². The number of nitrogens with zero attached hydrogens (tertiary/aromatic N) is 1. The molecule has 1 aromatic rings. The smallest absolute Gasteiger partial charge is 0.316 e. The molecule has 0 aromatic heterocycles. The predicted octanol–water partition coefficient (Wildman–Crippen LogP) is 2.12. The van der Waals surface area contributed by atoms with Gasteiger partial charge in [0, 0.05) is 28.4 Å². The molecule has 0 bridgehead atoms. The van der Waals surface area contributed by atoms with Crippen LogP contribution in [-0.2, 0) is 19.1 Å². The van der Waals surface area contributed by atoms with E-state index in [1.807, 2.05) is 25.1 Å². The fourth-order valence-electron chi connectivity index (χ4n) is 2.60. The minimum atomic E-state index is -0.423. The molecule has 0 unspecified atom stereocenters. The molecule has 2 amide bonds. The van der Waals surface area contributed by atoms with Gasteiger partial charge in [0.05, 0.1) is 5.75 Å². The Morgan fingerprint density at radius 3 is 2.60 bits per heavy atom. The maximum atomic E-state index is 12.1. The fraction of sp³-hybridized carbons (Fsp3) is 0.471. The molecule has 2 N–H and O–H groups in total. The molecule has 6 nitrogen and oxygen atoms in total. The number of rotatable bonds is 6. The molecule has 1 aromatic carbocycles. The Balaban J connectivity index is 1.71. The van der Waals surface area contributed by atoms with Crippen LogP contribution in [0, 0.1) is 12.8 Å². The van der Waals surface area contributed by atoms with E-state index in [0.29, 0.717) is 25.9 Å². The summed E-state index contributed by atoms with van der Waals surface area (Å²) in [6.07, 6.45) is 1.13. The van der Waals surface area contributed by atoms with Crippen LogP contribution in [0.15, 0.2) is 27.6 Å². The number of piperidine rings is 1. The molecule has 0 atom stereocenters. The van der Waals surface area contributed by atoms with Gasteiger partial charge in [0.2, 0.25) is 5.91 Å². The number of ether oxygens (including phenoxy) is 1. The van der Waals surface area contributed by atoms with Gasteiger partial charge < -0.3 is 15.4 Å². The highest BCUT2D eigenvalue weighted by atomic mass is 79.9. The third-order valence-corrected chi connectivity index (χ3v) is 5.73. The number of thioether (sulfide) groups is 1. The van der Waals surface area contributed by atoms with Crippen LogP contribution in [0.5, 0.6) is 0 Å². The maximum Gasteiger partial charge on any atom is 0.316 e. The molecule has 0 aliphatic carbocycles. The molecular formula is C17H21BrN2O4S. The Hall–Kier alpha value is -1.54. The largest absolute Gasteiger partial charge is 0.455 e. The number of likely N-dealkylation sites (tertiary alicyclic amines) is 1. The van der Waals surface area contributed by atoms with Crippen LogP contribution in [0.25, 0.3) is 0 Å². The zero-order valence-corrected chi connectivity index (χ0v) is 16.4. The Labute approximate surface area is 159 Å². The molecule has 1 aliphatic heterocycles. The summed E-state index contributed by atoms with van der Waals surface area (Å²) in [6.45, 7) is 2.64. The fourth-order valence-corrected chi connectivity index (χ4v) is 3.88. The summed E-state index contributed by atoms with van der Waals surface area (Å²) in [4.78, 5) is 37.6. The number of amides is 2. The number of hydrogen-bond donors (Lipinski definition) is 1. The first-order valence-electron chi connectivity index (χ1n) is 7.98. The Morgan fingerprint density at radius 2 is 2.00 bits per heavy atom. The van der Waals surface area contributed by atoms with Gasteiger partial charge in [0.25, 0.3) is 5.91 Å². The standard InChI is InChI=1S/C17H21BrN2O4S/c1-11-8-13(18)2-3-14(11)25-10-16(22)24-9-15(21)20-6-4-12(5-7-20)17(19)23/h2-3,8,12H,4-7,9-10H2,1H3,(H2,19,23). The summed E-state index contributed by atoms with van der Waals surface area (Å²) in [7, 11) is 0. The van der Waals surface area contributed by atoms with Crippen LogP contribution in [0.1, 0.15) is 18.4 Å². The summed E-state index contributed by atoms with van der Waals surface area (Å²) in [5, 5.41) is 0. The van der Waals surface area contributed by atoms with Crippen molar-refractivity contribution in [1.82, 2.24) is 4.90 Å². The lowest BCUT2D eigenvalue weighted by molar-refractivity contribution is -0.150. The summed E-state index contributed by atoms with van der Waals surface area (Å²) in [6, 6.07) is 5.83. The highest BCUT2D eigenvalue weighted by Gasteiger charge is 2.26. The third-order valence-electron chi connectivity index (χ3n) is 4.09. The van der Waals surface area contributed by atoms with Gasteiger partial charge in [0.15, 0.2) is 6.61 Å². The van der Waals surface area contributed by atoms with E-state index in [2.05, 4.69) is 15.9 Å². The molecule has 1 saturated heterocycles. The first-order valence-corrected chi connectivity index (χ1v) is 9.76. The van der Waals surface area contributed by atoms with Crippen molar-refractivity contribution in [2.45, 2.75) is 24.7 Å². The van der Waals surface area contributed by atoms with Gasteiger partial charge in [-0.05, 0) is 43.5 Å². The van der Waals surface area contributed by atoms with Crippen molar-refractivity contribution in [1.29, 1.82) is 0 Å². The average Bonchev–Trinajstić information content (AvgIpc) is 2.59.